The first-order valence-electron chi connectivity index (χ1n) is 6.23. The molecular weight excluding hydrogens is 274 g/mol. The van der Waals surface area contributed by atoms with E-state index in [-0.39, 0.29) is 11.4 Å². The van der Waals surface area contributed by atoms with Gasteiger partial charge in [-0.15, -0.1) is 0 Å². The van der Waals surface area contributed by atoms with Crippen molar-refractivity contribution in [1.29, 1.82) is 0 Å². The predicted molar refractivity (Wildman–Crippen MR) is 79.6 cm³/mol. The number of nitro benzene ring substituents is 1. The number of rotatable bonds is 5. The summed E-state index contributed by atoms with van der Waals surface area (Å²) < 4.78 is 4.99. The molecule has 2 aromatic rings. The molecule has 0 spiro atoms. The summed E-state index contributed by atoms with van der Waals surface area (Å²) in [6.45, 7) is 2.11. The molecule has 0 aromatic heterocycles. The van der Waals surface area contributed by atoms with Gasteiger partial charge in [-0.3, -0.25) is 10.1 Å². The summed E-state index contributed by atoms with van der Waals surface area (Å²) in [6, 6.07) is 13.2. The van der Waals surface area contributed by atoms with Crippen LogP contribution in [0.2, 0.25) is 0 Å². The Kier molecular flexibility index (Phi) is 4.63. The maximum absolute atomic E-state index is 11.0. The van der Waals surface area contributed by atoms with Crippen molar-refractivity contribution in [2.24, 2.45) is 0 Å². The summed E-state index contributed by atoms with van der Waals surface area (Å²) in [6.07, 6.45) is 0.999. The van der Waals surface area contributed by atoms with Crippen LogP contribution in [0, 0.1) is 10.1 Å². The topological polar surface area (TPSA) is 52.4 Å². The minimum Gasteiger partial charge on any atom is -0.490 e. The van der Waals surface area contributed by atoms with Crippen molar-refractivity contribution in [2.45, 2.75) is 23.1 Å². The first-order valence-corrected chi connectivity index (χ1v) is 7.05. The van der Waals surface area contributed by atoms with Gasteiger partial charge in [0.05, 0.1) is 12.0 Å². The van der Waals surface area contributed by atoms with Crippen molar-refractivity contribution < 1.29 is 9.66 Å². The van der Waals surface area contributed by atoms with Crippen molar-refractivity contribution >= 4 is 17.4 Å². The molecule has 0 atom stereocenters. The van der Waals surface area contributed by atoms with E-state index in [2.05, 4.69) is 19.1 Å². The molecule has 20 heavy (non-hydrogen) atoms. The van der Waals surface area contributed by atoms with Gasteiger partial charge in [-0.05, 0) is 36.2 Å². The van der Waals surface area contributed by atoms with E-state index in [1.165, 1.54) is 30.5 Å². The molecule has 0 bridgehead atoms. The zero-order valence-corrected chi connectivity index (χ0v) is 12.1. The molecule has 0 aliphatic heterocycles. The van der Waals surface area contributed by atoms with Crippen LogP contribution in [0.3, 0.4) is 0 Å². The summed E-state index contributed by atoms with van der Waals surface area (Å²) in [5.74, 6) is 0.278. The lowest BCUT2D eigenvalue weighted by Gasteiger charge is -2.05. The fourth-order valence-corrected chi connectivity index (χ4v) is 2.66. The molecule has 4 nitrogen and oxygen atoms in total. The Hall–Kier alpha value is -2.01. The van der Waals surface area contributed by atoms with Gasteiger partial charge >= 0.3 is 5.69 Å². The molecule has 0 radical (unpaired) electrons. The Bertz CT molecular complexity index is 611. The van der Waals surface area contributed by atoms with Crippen LogP contribution in [0.1, 0.15) is 12.5 Å². The van der Waals surface area contributed by atoms with Gasteiger partial charge in [-0.1, -0.05) is 30.8 Å². The molecule has 0 unspecified atom stereocenters. The van der Waals surface area contributed by atoms with Crippen LogP contribution >= 0.6 is 11.8 Å². The maximum Gasteiger partial charge on any atom is 0.312 e. The summed E-state index contributed by atoms with van der Waals surface area (Å²) in [7, 11) is 1.43. The van der Waals surface area contributed by atoms with Gasteiger partial charge in [0.15, 0.2) is 5.75 Å². The summed E-state index contributed by atoms with van der Waals surface area (Å²) in [4.78, 5) is 12.4. The lowest BCUT2D eigenvalue weighted by atomic mass is 10.2. The van der Waals surface area contributed by atoms with Gasteiger partial charge in [-0.2, -0.15) is 0 Å². The molecule has 5 heteroatoms. The first-order chi connectivity index (χ1) is 9.63. The standard InChI is InChI=1S/C15H15NO3S/c1-3-11-4-6-12(7-5-11)20-13-8-9-15(19-2)14(10-13)16(17)18/h4-10H,3H2,1-2H3. The van der Waals surface area contributed by atoms with E-state index < -0.39 is 4.92 Å². The first kappa shape index (κ1) is 14.4. The predicted octanol–water partition coefficient (Wildman–Crippen LogP) is 4.32. The minimum atomic E-state index is -0.428. The molecular formula is C15H15NO3S. The highest BCUT2D eigenvalue weighted by molar-refractivity contribution is 7.99. The SMILES string of the molecule is CCc1ccc(Sc2ccc(OC)c([N+](=O)[O-])c2)cc1. The number of methoxy groups -OCH3 is 1. The van der Waals surface area contributed by atoms with Crippen molar-refractivity contribution in [1.82, 2.24) is 0 Å². The van der Waals surface area contributed by atoms with Crippen molar-refractivity contribution in [2.75, 3.05) is 7.11 Å². The molecule has 0 amide bonds. The van der Waals surface area contributed by atoms with Gasteiger partial charge in [0, 0.05) is 15.9 Å². The molecule has 0 heterocycles. The van der Waals surface area contributed by atoms with Crippen LogP contribution in [-0.2, 0) is 6.42 Å². The molecule has 104 valence electrons. The van der Waals surface area contributed by atoms with Crippen LogP contribution < -0.4 is 4.74 Å². The molecule has 0 aliphatic rings. The Labute approximate surface area is 121 Å². The number of aryl methyl sites for hydroxylation is 1. The molecule has 0 aliphatic carbocycles. The number of nitrogens with zero attached hydrogens (tertiary/aromatic N) is 1. The summed E-state index contributed by atoms with van der Waals surface area (Å²) in [5.41, 5.74) is 1.26. The number of hydrogen-bond donors (Lipinski definition) is 0. The Morgan fingerprint density at radius 2 is 1.80 bits per heavy atom. The zero-order valence-electron chi connectivity index (χ0n) is 11.3. The van der Waals surface area contributed by atoms with Crippen LogP contribution in [0.5, 0.6) is 5.75 Å². The van der Waals surface area contributed by atoms with E-state index in [0.717, 1.165) is 16.2 Å². The number of hydrogen-bond acceptors (Lipinski definition) is 4. The molecule has 2 aromatic carbocycles. The third-order valence-corrected chi connectivity index (χ3v) is 3.91. The number of benzene rings is 2. The Balaban J connectivity index is 2.24. The third-order valence-electron chi connectivity index (χ3n) is 2.91. The quantitative estimate of drug-likeness (QED) is 0.607. The number of nitro groups is 1. The van der Waals surface area contributed by atoms with E-state index in [1.807, 2.05) is 18.2 Å². The highest BCUT2D eigenvalue weighted by Gasteiger charge is 2.15. The molecule has 0 saturated heterocycles. The van der Waals surface area contributed by atoms with E-state index in [0.29, 0.717) is 0 Å². The lowest BCUT2D eigenvalue weighted by Crippen LogP contribution is -1.93. The van der Waals surface area contributed by atoms with E-state index in [1.54, 1.807) is 6.07 Å². The fourth-order valence-electron chi connectivity index (χ4n) is 1.81. The smallest absolute Gasteiger partial charge is 0.312 e. The molecule has 2 rings (SSSR count). The minimum absolute atomic E-state index is 0.0114. The average molecular weight is 289 g/mol. The van der Waals surface area contributed by atoms with Gasteiger partial charge < -0.3 is 4.74 Å². The van der Waals surface area contributed by atoms with E-state index >= 15 is 0 Å². The van der Waals surface area contributed by atoms with Gasteiger partial charge in [-0.25, -0.2) is 0 Å². The molecule has 0 saturated carbocycles. The number of ether oxygens (including phenoxy) is 1. The molecule has 0 N–H and O–H groups in total. The molecule has 0 fully saturated rings. The fraction of sp³-hybridized carbons (Fsp3) is 0.200. The largest absolute Gasteiger partial charge is 0.490 e. The van der Waals surface area contributed by atoms with E-state index in [9.17, 15) is 10.1 Å². The lowest BCUT2D eigenvalue weighted by molar-refractivity contribution is -0.386. The summed E-state index contributed by atoms with van der Waals surface area (Å²) in [5, 5.41) is 11.0. The van der Waals surface area contributed by atoms with Gasteiger partial charge in [0.25, 0.3) is 0 Å². The van der Waals surface area contributed by atoms with Crippen LogP contribution in [-0.4, -0.2) is 12.0 Å². The Morgan fingerprint density at radius 3 is 2.35 bits per heavy atom. The van der Waals surface area contributed by atoms with E-state index in [4.69, 9.17) is 4.74 Å². The normalized spacial score (nSPS) is 10.3. The van der Waals surface area contributed by atoms with Crippen LogP contribution in [0.15, 0.2) is 52.3 Å². The average Bonchev–Trinajstić information content (AvgIpc) is 2.48. The van der Waals surface area contributed by atoms with Crippen LogP contribution in [0.4, 0.5) is 5.69 Å². The van der Waals surface area contributed by atoms with Gasteiger partial charge in [0.2, 0.25) is 0 Å². The Morgan fingerprint density at radius 1 is 1.15 bits per heavy atom. The highest BCUT2D eigenvalue weighted by Crippen LogP contribution is 2.35. The van der Waals surface area contributed by atoms with Crippen molar-refractivity contribution in [3.63, 3.8) is 0 Å². The summed E-state index contributed by atoms with van der Waals surface area (Å²) >= 11 is 1.50. The highest BCUT2D eigenvalue weighted by atomic mass is 32.2. The van der Waals surface area contributed by atoms with Crippen molar-refractivity contribution in [3.8, 4) is 5.75 Å². The monoisotopic (exact) mass is 289 g/mol. The maximum atomic E-state index is 11.0. The van der Waals surface area contributed by atoms with Gasteiger partial charge in [0.1, 0.15) is 0 Å². The third kappa shape index (κ3) is 3.30. The second kappa shape index (κ2) is 6.43. The second-order valence-corrected chi connectivity index (χ2v) is 5.34. The second-order valence-electron chi connectivity index (χ2n) is 4.19. The zero-order chi connectivity index (χ0) is 14.5. The van der Waals surface area contributed by atoms with Crippen LogP contribution in [0.25, 0.3) is 0 Å². The van der Waals surface area contributed by atoms with Crippen molar-refractivity contribution in [3.05, 3.63) is 58.1 Å².